The summed E-state index contributed by atoms with van der Waals surface area (Å²) in [4.78, 5) is 11.9. The SMILES string of the molecule is Cc1ccc(Cl)cc1NC(=O)Cc1ccc(O)c(O)c1. The molecule has 0 fully saturated rings. The van der Waals surface area contributed by atoms with Gasteiger partial charge in [0, 0.05) is 10.7 Å². The summed E-state index contributed by atoms with van der Waals surface area (Å²) in [5.74, 6) is -0.672. The van der Waals surface area contributed by atoms with Crippen LogP contribution >= 0.6 is 11.6 Å². The quantitative estimate of drug-likeness (QED) is 0.760. The number of phenols is 2. The van der Waals surface area contributed by atoms with Crippen LogP contribution in [0.1, 0.15) is 11.1 Å². The molecule has 2 aromatic rings. The lowest BCUT2D eigenvalue weighted by Gasteiger charge is -2.09. The molecule has 0 heterocycles. The number of phenolic OH excluding ortho intramolecular Hbond substituents is 2. The zero-order valence-corrected chi connectivity index (χ0v) is 11.6. The van der Waals surface area contributed by atoms with Gasteiger partial charge in [0.15, 0.2) is 11.5 Å². The highest BCUT2D eigenvalue weighted by Gasteiger charge is 2.08. The van der Waals surface area contributed by atoms with Gasteiger partial charge in [-0.25, -0.2) is 0 Å². The van der Waals surface area contributed by atoms with Crippen LogP contribution in [0.2, 0.25) is 5.02 Å². The number of hydrogen-bond donors (Lipinski definition) is 3. The highest BCUT2D eigenvalue weighted by Crippen LogP contribution is 2.25. The molecule has 0 aromatic heterocycles. The Balaban J connectivity index is 2.09. The molecule has 0 radical (unpaired) electrons. The molecule has 0 unspecified atom stereocenters. The van der Waals surface area contributed by atoms with Gasteiger partial charge >= 0.3 is 0 Å². The second-order valence-electron chi connectivity index (χ2n) is 4.51. The first-order valence-electron chi connectivity index (χ1n) is 6.02. The maximum Gasteiger partial charge on any atom is 0.228 e. The molecule has 4 nitrogen and oxygen atoms in total. The van der Waals surface area contributed by atoms with E-state index in [1.807, 2.05) is 13.0 Å². The van der Waals surface area contributed by atoms with Crippen molar-refractivity contribution in [3.05, 3.63) is 52.5 Å². The van der Waals surface area contributed by atoms with Gasteiger partial charge < -0.3 is 15.5 Å². The lowest BCUT2D eigenvalue weighted by molar-refractivity contribution is -0.115. The highest BCUT2D eigenvalue weighted by molar-refractivity contribution is 6.31. The van der Waals surface area contributed by atoms with E-state index >= 15 is 0 Å². The van der Waals surface area contributed by atoms with Gasteiger partial charge in [-0.3, -0.25) is 4.79 Å². The third-order valence-corrected chi connectivity index (χ3v) is 3.11. The van der Waals surface area contributed by atoms with Crippen molar-refractivity contribution in [2.45, 2.75) is 13.3 Å². The molecule has 0 bridgehead atoms. The van der Waals surface area contributed by atoms with Crippen LogP contribution in [0.5, 0.6) is 11.5 Å². The highest BCUT2D eigenvalue weighted by atomic mass is 35.5. The number of rotatable bonds is 3. The number of halogens is 1. The lowest BCUT2D eigenvalue weighted by atomic mass is 10.1. The van der Waals surface area contributed by atoms with Crippen LogP contribution < -0.4 is 5.32 Å². The number of amides is 1. The third kappa shape index (κ3) is 3.42. The summed E-state index contributed by atoms with van der Waals surface area (Å²) in [6.07, 6.45) is 0.0970. The van der Waals surface area contributed by atoms with Crippen LogP contribution in [0.4, 0.5) is 5.69 Å². The average Bonchev–Trinajstić information content (AvgIpc) is 2.38. The maximum atomic E-state index is 11.9. The Morgan fingerprint density at radius 3 is 2.60 bits per heavy atom. The number of hydrogen-bond acceptors (Lipinski definition) is 3. The summed E-state index contributed by atoms with van der Waals surface area (Å²) in [5.41, 5.74) is 2.18. The number of aryl methyl sites for hydroxylation is 1. The monoisotopic (exact) mass is 291 g/mol. The van der Waals surface area contributed by atoms with E-state index in [0.29, 0.717) is 16.3 Å². The Morgan fingerprint density at radius 2 is 1.90 bits per heavy atom. The number of carbonyl (C=O) groups is 1. The lowest BCUT2D eigenvalue weighted by Crippen LogP contribution is -2.15. The van der Waals surface area contributed by atoms with Crippen LogP contribution in [-0.2, 0) is 11.2 Å². The van der Waals surface area contributed by atoms with E-state index in [0.717, 1.165) is 5.56 Å². The number of anilines is 1. The summed E-state index contributed by atoms with van der Waals surface area (Å²) in [6, 6.07) is 9.56. The van der Waals surface area contributed by atoms with Gasteiger partial charge in [0.2, 0.25) is 5.91 Å². The van der Waals surface area contributed by atoms with Gasteiger partial charge in [-0.15, -0.1) is 0 Å². The molecule has 5 heteroatoms. The zero-order valence-electron chi connectivity index (χ0n) is 10.9. The molecular formula is C15H14ClNO3. The molecule has 0 aliphatic rings. The predicted molar refractivity (Wildman–Crippen MR) is 78.3 cm³/mol. The normalized spacial score (nSPS) is 10.3. The Kier molecular flexibility index (Phi) is 4.15. The molecule has 0 aliphatic carbocycles. The third-order valence-electron chi connectivity index (χ3n) is 2.88. The minimum Gasteiger partial charge on any atom is -0.504 e. The number of benzene rings is 2. The van der Waals surface area contributed by atoms with Crippen molar-refractivity contribution in [3.63, 3.8) is 0 Å². The van der Waals surface area contributed by atoms with Gasteiger partial charge in [0.05, 0.1) is 6.42 Å². The largest absolute Gasteiger partial charge is 0.504 e. The fourth-order valence-electron chi connectivity index (χ4n) is 1.79. The van der Waals surface area contributed by atoms with E-state index in [1.165, 1.54) is 12.1 Å². The van der Waals surface area contributed by atoms with Crippen LogP contribution in [0.25, 0.3) is 0 Å². The van der Waals surface area contributed by atoms with E-state index in [4.69, 9.17) is 11.6 Å². The van der Waals surface area contributed by atoms with E-state index < -0.39 is 0 Å². The summed E-state index contributed by atoms with van der Waals surface area (Å²) in [7, 11) is 0. The van der Waals surface area contributed by atoms with Crippen LogP contribution in [0.15, 0.2) is 36.4 Å². The van der Waals surface area contributed by atoms with Crippen LogP contribution in [0, 0.1) is 6.92 Å². The smallest absolute Gasteiger partial charge is 0.228 e. The fourth-order valence-corrected chi connectivity index (χ4v) is 1.96. The predicted octanol–water partition coefficient (Wildman–Crippen LogP) is 3.24. The number of nitrogens with one attached hydrogen (secondary N) is 1. The van der Waals surface area contributed by atoms with Crippen LogP contribution in [-0.4, -0.2) is 16.1 Å². The molecule has 2 aromatic carbocycles. The summed E-state index contributed by atoms with van der Waals surface area (Å²) in [5, 5.41) is 21.9. The Hall–Kier alpha value is -2.20. The molecule has 0 aliphatic heterocycles. The van der Waals surface area contributed by atoms with Gasteiger partial charge in [-0.1, -0.05) is 23.7 Å². The second kappa shape index (κ2) is 5.84. The maximum absolute atomic E-state index is 11.9. The zero-order chi connectivity index (χ0) is 14.7. The van der Waals surface area contributed by atoms with E-state index in [2.05, 4.69) is 5.32 Å². The molecule has 20 heavy (non-hydrogen) atoms. The van der Waals surface area contributed by atoms with Crippen molar-refractivity contribution < 1.29 is 15.0 Å². The Labute approximate surface area is 121 Å². The van der Waals surface area contributed by atoms with Crippen molar-refractivity contribution in [2.75, 3.05) is 5.32 Å². The van der Waals surface area contributed by atoms with Gasteiger partial charge in [-0.2, -0.15) is 0 Å². The number of carbonyl (C=O) groups excluding carboxylic acids is 1. The first-order valence-corrected chi connectivity index (χ1v) is 6.40. The molecule has 3 N–H and O–H groups in total. The van der Waals surface area contributed by atoms with Crippen molar-refractivity contribution in [1.29, 1.82) is 0 Å². The first-order chi connectivity index (χ1) is 9.45. The Morgan fingerprint density at radius 1 is 1.15 bits per heavy atom. The van der Waals surface area contributed by atoms with Crippen molar-refractivity contribution in [2.24, 2.45) is 0 Å². The standard InChI is InChI=1S/C15H14ClNO3/c1-9-2-4-11(16)8-12(9)17-15(20)7-10-3-5-13(18)14(19)6-10/h2-6,8,18-19H,7H2,1H3,(H,17,20). The van der Waals surface area contributed by atoms with Crippen molar-refractivity contribution >= 4 is 23.2 Å². The van der Waals surface area contributed by atoms with E-state index in [1.54, 1.807) is 18.2 Å². The topological polar surface area (TPSA) is 69.6 Å². The van der Waals surface area contributed by atoms with Gasteiger partial charge in [0.1, 0.15) is 0 Å². The number of aromatic hydroxyl groups is 2. The summed E-state index contributed by atoms with van der Waals surface area (Å²) in [6.45, 7) is 1.87. The Bertz CT molecular complexity index is 656. The van der Waals surface area contributed by atoms with Crippen LogP contribution in [0.3, 0.4) is 0 Å². The summed E-state index contributed by atoms with van der Waals surface area (Å²) < 4.78 is 0. The average molecular weight is 292 g/mol. The van der Waals surface area contributed by atoms with Gasteiger partial charge in [-0.05, 0) is 42.3 Å². The molecule has 0 atom stereocenters. The van der Waals surface area contributed by atoms with Gasteiger partial charge in [0.25, 0.3) is 0 Å². The first kappa shape index (κ1) is 14.2. The molecule has 104 valence electrons. The van der Waals surface area contributed by atoms with Crippen molar-refractivity contribution in [1.82, 2.24) is 0 Å². The minimum atomic E-state index is -0.241. The second-order valence-corrected chi connectivity index (χ2v) is 4.94. The molecule has 0 saturated heterocycles. The molecule has 0 spiro atoms. The fraction of sp³-hybridized carbons (Fsp3) is 0.133. The minimum absolute atomic E-state index is 0.0970. The summed E-state index contributed by atoms with van der Waals surface area (Å²) >= 11 is 5.89. The van der Waals surface area contributed by atoms with E-state index in [9.17, 15) is 15.0 Å². The van der Waals surface area contributed by atoms with Crippen molar-refractivity contribution in [3.8, 4) is 11.5 Å². The molecule has 1 amide bonds. The molecule has 2 rings (SSSR count). The molecular weight excluding hydrogens is 278 g/mol. The van der Waals surface area contributed by atoms with E-state index in [-0.39, 0.29) is 23.8 Å². The molecule has 0 saturated carbocycles.